The van der Waals surface area contributed by atoms with E-state index in [4.69, 9.17) is 5.11 Å². The normalized spacial score (nSPS) is 12.4. The first-order valence-electron chi connectivity index (χ1n) is 5.61. The summed E-state index contributed by atoms with van der Waals surface area (Å²) >= 11 is 0. The van der Waals surface area contributed by atoms with E-state index in [1.165, 1.54) is 13.8 Å². The van der Waals surface area contributed by atoms with Gasteiger partial charge in [-0.1, -0.05) is 0 Å². The van der Waals surface area contributed by atoms with Crippen molar-refractivity contribution < 1.29 is 32.7 Å². The van der Waals surface area contributed by atoms with Crippen molar-refractivity contribution in [1.82, 2.24) is 10.6 Å². The minimum atomic E-state index is -4.30. The molecule has 3 amide bonds. The molecule has 0 heterocycles. The van der Waals surface area contributed by atoms with Crippen LogP contribution in [0.25, 0.3) is 0 Å². The smallest absolute Gasteiger partial charge is 0.389 e. The van der Waals surface area contributed by atoms with Crippen LogP contribution in [0.1, 0.15) is 26.7 Å². The van der Waals surface area contributed by atoms with E-state index in [-0.39, 0.29) is 24.1 Å². The molecule has 0 radical (unpaired) electrons. The SMILES string of the molecule is CC(C(=O)O)=C(C)C(=O)NC(=O)NCCCC(F)(F)F. The second-order valence-corrected chi connectivity index (χ2v) is 3.98. The number of hydrogen-bond acceptors (Lipinski definition) is 3. The van der Waals surface area contributed by atoms with E-state index in [1.54, 1.807) is 0 Å². The molecule has 0 spiro atoms. The predicted molar refractivity (Wildman–Crippen MR) is 62.8 cm³/mol. The lowest BCUT2D eigenvalue weighted by atomic mass is 10.1. The Morgan fingerprint density at radius 3 is 2.10 bits per heavy atom. The van der Waals surface area contributed by atoms with Gasteiger partial charge in [0.2, 0.25) is 0 Å². The Morgan fingerprint density at radius 2 is 1.65 bits per heavy atom. The molecule has 114 valence electrons. The number of carboxylic acids is 1. The fraction of sp³-hybridized carbons (Fsp3) is 0.545. The summed E-state index contributed by atoms with van der Waals surface area (Å²) in [6.45, 7) is 2.16. The van der Waals surface area contributed by atoms with Crippen LogP contribution in [0, 0.1) is 0 Å². The summed E-state index contributed by atoms with van der Waals surface area (Å²) in [5, 5.41) is 12.5. The minimum Gasteiger partial charge on any atom is -0.478 e. The molecule has 0 fully saturated rings. The third-order valence-corrected chi connectivity index (χ3v) is 2.37. The summed E-state index contributed by atoms with van der Waals surface area (Å²) in [7, 11) is 0. The van der Waals surface area contributed by atoms with Gasteiger partial charge in [-0.25, -0.2) is 9.59 Å². The summed E-state index contributed by atoms with van der Waals surface area (Å²) in [6.07, 6.45) is -5.65. The Morgan fingerprint density at radius 1 is 1.10 bits per heavy atom. The van der Waals surface area contributed by atoms with Crippen molar-refractivity contribution >= 4 is 17.9 Å². The van der Waals surface area contributed by atoms with E-state index in [1.807, 2.05) is 5.32 Å². The predicted octanol–water partition coefficient (Wildman–Crippen LogP) is 1.58. The molecular weight excluding hydrogens is 281 g/mol. The quantitative estimate of drug-likeness (QED) is 0.530. The molecule has 0 aliphatic carbocycles. The highest BCUT2D eigenvalue weighted by molar-refractivity contribution is 6.07. The number of carbonyl (C=O) groups excluding carboxylic acids is 2. The maximum atomic E-state index is 11.8. The lowest BCUT2D eigenvalue weighted by Gasteiger charge is -2.09. The molecule has 0 atom stereocenters. The van der Waals surface area contributed by atoms with Gasteiger partial charge < -0.3 is 10.4 Å². The maximum absolute atomic E-state index is 11.8. The van der Waals surface area contributed by atoms with Crippen LogP contribution in [0.3, 0.4) is 0 Å². The molecule has 0 aromatic rings. The standard InChI is InChI=1S/C11H15F3N2O4/c1-6(7(2)9(18)19)8(17)16-10(20)15-5-3-4-11(12,13)14/h3-5H2,1-2H3,(H,18,19)(H2,15,16,17,20). The zero-order chi connectivity index (χ0) is 15.9. The molecule has 0 aliphatic heterocycles. The first kappa shape index (κ1) is 17.9. The van der Waals surface area contributed by atoms with Gasteiger partial charge >= 0.3 is 18.2 Å². The maximum Gasteiger partial charge on any atom is 0.389 e. The number of halogens is 3. The van der Waals surface area contributed by atoms with Gasteiger partial charge in [-0.2, -0.15) is 13.2 Å². The zero-order valence-electron chi connectivity index (χ0n) is 10.9. The summed E-state index contributed by atoms with van der Waals surface area (Å²) in [5.41, 5.74) is -0.393. The lowest BCUT2D eigenvalue weighted by molar-refractivity contribution is -0.135. The molecule has 0 aromatic carbocycles. The van der Waals surface area contributed by atoms with Gasteiger partial charge in [0.15, 0.2) is 0 Å². The molecule has 0 rings (SSSR count). The average molecular weight is 296 g/mol. The number of hydrogen-bond donors (Lipinski definition) is 3. The molecule has 0 aliphatic rings. The summed E-state index contributed by atoms with van der Waals surface area (Å²) in [4.78, 5) is 33.2. The van der Waals surface area contributed by atoms with Crippen LogP contribution in [0.2, 0.25) is 0 Å². The number of amides is 3. The second kappa shape index (κ2) is 7.51. The van der Waals surface area contributed by atoms with Crippen molar-refractivity contribution in [2.45, 2.75) is 32.9 Å². The number of rotatable bonds is 5. The molecule has 20 heavy (non-hydrogen) atoms. The largest absolute Gasteiger partial charge is 0.478 e. The van der Waals surface area contributed by atoms with Gasteiger partial charge in [-0.05, 0) is 20.3 Å². The van der Waals surface area contributed by atoms with Gasteiger partial charge in [0.05, 0.1) is 0 Å². The summed E-state index contributed by atoms with van der Waals surface area (Å²) in [5.74, 6) is -2.22. The number of nitrogens with one attached hydrogen (secondary N) is 2. The molecular formula is C11H15F3N2O4. The van der Waals surface area contributed by atoms with E-state index >= 15 is 0 Å². The van der Waals surface area contributed by atoms with E-state index in [9.17, 15) is 27.6 Å². The van der Waals surface area contributed by atoms with Crippen LogP contribution in [0.15, 0.2) is 11.1 Å². The van der Waals surface area contributed by atoms with Gasteiger partial charge in [0, 0.05) is 24.1 Å². The van der Waals surface area contributed by atoms with E-state index in [2.05, 4.69) is 5.32 Å². The van der Waals surface area contributed by atoms with E-state index in [0.29, 0.717) is 0 Å². The number of imide groups is 1. The van der Waals surface area contributed by atoms with Gasteiger partial charge in [-0.15, -0.1) is 0 Å². The first-order chi connectivity index (χ1) is 9.04. The fourth-order valence-corrected chi connectivity index (χ4v) is 1.06. The van der Waals surface area contributed by atoms with Crippen LogP contribution in [0.5, 0.6) is 0 Å². The number of aliphatic carboxylic acids is 1. The van der Waals surface area contributed by atoms with Crippen molar-refractivity contribution in [2.24, 2.45) is 0 Å². The van der Waals surface area contributed by atoms with Crippen LogP contribution in [-0.2, 0) is 9.59 Å². The first-order valence-corrected chi connectivity index (χ1v) is 5.61. The van der Waals surface area contributed by atoms with Gasteiger partial charge in [-0.3, -0.25) is 10.1 Å². The second-order valence-electron chi connectivity index (χ2n) is 3.98. The molecule has 6 nitrogen and oxygen atoms in total. The molecule has 0 bridgehead atoms. The number of carboxylic acid groups (broad SMARTS) is 1. The minimum absolute atomic E-state index is 0.164. The van der Waals surface area contributed by atoms with Crippen LogP contribution in [-0.4, -0.2) is 35.7 Å². The summed E-state index contributed by atoms with van der Waals surface area (Å²) in [6, 6.07) is -0.977. The number of alkyl halides is 3. The highest BCUT2D eigenvalue weighted by Gasteiger charge is 2.26. The highest BCUT2D eigenvalue weighted by atomic mass is 19.4. The third-order valence-electron chi connectivity index (χ3n) is 2.37. The zero-order valence-corrected chi connectivity index (χ0v) is 10.9. The van der Waals surface area contributed by atoms with E-state index in [0.717, 1.165) is 0 Å². The fourth-order valence-electron chi connectivity index (χ4n) is 1.06. The van der Waals surface area contributed by atoms with Crippen molar-refractivity contribution in [3.8, 4) is 0 Å². The third kappa shape index (κ3) is 7.39. The number of urea groups is 1. The topological polar surface area (TPSA) is 95.5 Å². The van der Waals surface area contributed by atoms with Gasteiger partial charge in [0.1, 0.15) is 0 Å². The van der Waals surface area contributed by atoms with Crippen molar-refractivity contribution in [3.63, 3.8) is 0 Å². The Bertz CT molecular complexity index is 430. The highest BCUT2D eigenvalue weighted by Crippen LogP contribution is 2.20. The Kier molecular flexibility index (Phi) is 6.74. The summed E-state index contributed by atoms with van der Waals surface area (Å²) < 4.78 is 35.4. The van der Waals surface area contributed by atoms with Crippen LogP contribution >= 0.6 is 0 Å². The average Bonchev–Trinajstić information content (AvgIpc) is 2.31. The Balaban J connectivity index is 4.19. The van der Waals surface area contributed by atoms with Crippen molar-refractivity contribution in [2.75, 3.05) is 6.54 Å². The molecule has 0 unspecified atom stereocenters. The van der Waals surface area contributed by atoms with Crippen LogP contribution in [0.4, 0.5) is 18.0 Å². The monoisotopic (exact) mass is 296 g/mol. The number of carbonyl (C=O) groups is 3. The van der Waals surface area contributed by atoms with Crippen molar-refractivity contribution in [1.29, 1.82) is 0 Å². The van der Waals surface area contributed by atoms with Gasteiger partial charge in [0.25, 0.3) is 5.91 Å². The molecule has 3 N–H and O–H groups in total. The van der Waals surface area contributed by atoms with Crippen molar-refractivity contribution in [3.05, 3.63) is 11.1 Å². The Hall–Kier alpha value is -2.06. The molecule has 0 aromatic heterocycles. The van der Waals surface area contributed by atoms with Crippen LogP contribution < -0.4 is 10.6 Å². The lowest BCUT2D eigenvalue weighted by Crippen LogP contribution is -2.40. The molecule has 0 saturated carbocycles. The Labute approximate surface area is 113 Å². The van der Waals surface area contributed by atoms with E-state index < -0.39 is 30.5 Å². The molecule has 9 heteroatoms. The molecule has 0 saturated heterocycles.